The lowest BCUT2D eigenvalue weighted by Crippen LogP contribution is -2.11. The third kappa shape index (κ3) is 4.48. The number of hydrogen-bond acceptors (Lipinski definition) is 8. The number of hydrogen-bond donors (Lipinski definition) is 4. The molecular formula is C19H24N4O6. The first-order valence-corrected chi connectivity index (χ1v) is 9.01. The SMILES string of the molecule is CCOC(=O)c1c(Cc2[nH]c(/C=N/O)c(C)c2C(=O)OCC)[nH]c(/C=N\O)c1C. The predicted molar refractivity (Wildman–Crippen MR) is 105 cm³/mol. The van der Waals surface area contributed by atoms with Crippen LogP contribution in [0.2, 0.25) is 0 Å². The monoisotopic (exact) mass is 404 g/mol. The number of carbonyl (C=O) groups is 2. The average molecular weight is 404 g/mol. The number of H-pyrrole nitrogens is 2. The number of esters is 2. The Labute approximate surface area is 167 Å². The molecule has 0 unspecified atom stereocenters. The van der Waals surface area contributed by atoms with Gasteiger partial charge in [-0.3, -0.25) is 0 Å². The van der Waals surface area contributed by atoms with Crippen molar-refractivity contribution in [2.75, 3.05) is 13.2 Å². The fourth-order valence-corrected chi connectivity index (χ4v) is 3.13. The van der Waals surface area contributed by atoms with E-state index < -0.39 is 11.9 Å². The Morgan fingerprint density at radius 3 is 1.55 bits per heavy atom. The van der Waals surface area contributed by atoms with Gasteiger partial charge in [0.25, 0.3) is 0 Å². The lowest BCUT2D eigenvalue weighted by Gasteiger charge is -2.07. The number of oxime groups is 2. The van der Waals surface area contributed by atoms with Crippen LogP contribution < -0.4 is 0 Å². The number of nitrogens with zero attached hydrogens (tertiary/aromatic N) is 2. The maximum absolute atomic E-state index is 12.5. The highest BCUT2D eigenvalue weighted by molar-refractivity contribution is 5.98. The molecule has 2 aromatic rings. The first kappa shape index (κ1) is 21.7. The van der Waals surface area contributed by atoms with Crippen LogP contribution >= 0.6 is 0 Å². The molecule has 0 aromatic carbocycles. The van der Waals surface area contributed by atoms with E-state index in [0.717, 1.165) is 0 Å². The van der Waals surface area contributed by atoms with Crippen LogP contribution in [0.15, 0.2) is 10.3 Å². The van der Waals surface area contributed by atoms with Crippen molar-refractivity contribution in [1.29, 1.82) is 0 Å². The zero-order valence-electron chi connectivity index (χ0n) is 16.7. The van der Waals surface area contributed by atoms with Crippen LogP contribution in [0.5, 0.6) is 0 Å². The molecule has 0 saturated heterocycles. The second-order valence-electron chi connectivity index (χ2n) is 6.14. The lowest BCUT2D eigenvalue weighted by molar-refractivity contribution is 0.0516. The van der Waals surface area contributed by atoms with Crippen LogP contribution in [0.25, 0.3) is 0 Å². The smallest absolute Gasteiger partial charge is 0.340 e. The van der Waals surface area contributed by atoms with E-state index in [1.807, 2.05) is 0 Å². The fraction of sp³-hybridized carbons (Fsp3) is 0.368. The summed E-state index contributed by atoms with van der Waals surface area (Å²) in [5.41, 5.74) is 3.49. The van der Waals surface area contributed by atoms with Crippen LogP contribution in [0.4, 0.5) is 0 Å². The van der Waals surface area contributed by atoms with Crippen LogP contribution in [0.1, 0.15) is 68.5 Å². The summed E-state index contributed by atoms with van der Waals surface area (Å²) < 4.78 is 10.3. The molecule has 2 aromatic heterocycles. The fourth-order valence-electron chi connectivity index (χ4n) is 3.13. The molecule has 0 aliphatic rings. The summed E-state index contributed by atoms with van der Waals surface area (Å²) in [6, 6.07) is 0. The van der Waals surface area contributed by atoms with Gasteiger partial charge in [-0.25, -0.2) is 9.59 Å². The van der Waals surface area contributed by atoms with E-state index in [1.165, 1.54) is 12.4 Å². The quantitative estimate of drug-likeness (QED) is 0.230. The van der Waals surface area contributed by atoms with E-state index in [0.29, 0.717) is 45.0 Å². The molecule has 0 amide bonds. The molecule has 0 fully saturated rings. The van der Waals surface area contributed by atoms with Crippen molar-refractivity contribution in [3.05, 3.63) is 45.0 Å². The van der Waals surface area contributed by atoms with Crippen molar-refractivity contribution in [2.45, 2.75) is 34.1 Å². The second kappa shape index (κ2) is 9.58. The van der Waals surface area contributed by atoms with E-state index >= 15 is 0 Å². The molecule has 2 rings (SSSR count). The standard InChI is InChI=1S/C19H24N4O6/c1-5-28-18(24)16-10(3)14(8-20-26)22-12(16)7-13-17(19(25)29-6-2)11(4)15(23-13)9-21-27/h8-9,22-23,26-27H,5-7H2,1-4H3/b20-8-,21-9+. The predicted octanol–water partition coefficient (Wildman–Crippen LogP) is 2.52. The van der Waals surface area contributed by atoms with Crippen LogP contribution in [0.3, 0.4) is 0 Å². The van der Waals surface area contributed by atoms with Gasteiger partial charge in [-0.1, -0.05) is 10.3 Å². The summed E-state index contributed by atoms with van der Waals surface area (Å²) in [6.45, 7) is 7.17. The Bertz CT molecular complexity index is 878. The normalized spacial score (nSPS) is 11.4. The summed E-state index contributed by atoms with van der Waals surface area (Å²) >= 11 is 0. The molecule has 0 aliphatic carbocycles. The molecule has 0 saturated carbocycles. The molecule has 156 valence electrons. The zero-order chi connectivity index (χ0) is 21.6. The molecule has 0 atom stereocenters. The van der Waals surface area contributed by atoms with Crippen LogP contribution in [0, 0.1) is 13.8 Å². The lowest BCUT2D eigenvalue weighted by atomic mass is 10.0. The van der Waals surface area contributed by atoms with Gasteiger partial charge in [0.2, 0.25) is 0 Å². The van der Waals surface area contributed by atoms with Crippen LogP contribution in [-0.2, 0) is 15.9 Å². The first-order chi connectivity index (χ1) is 13.9. The van der Waals surface area contributed by atoms with Gasteiger partial charge in [0.1, 0.15) is 0 Å². The molecule has 0 radical (unpaired) electrons. The van der Waals surface area contributed by atoms with Gasteiger partial charge in [-0.2, -0.15) is 0 Å². The highest BCUT2D eigenvalue weighted by atomic mass is 16.5. The van der Waals surface area contributed by atoms with Gasteiger partial charge in [-0.15, -0.1) is 0 Å². The molecular weight excluding hydrogens is 380 g/mol. The van der Waals surface area contributed by atoms with Gasteiger partial charge >= 0.3 is 11.9 Å². The Balaban J connectivity index is 2.61. The maximum atomic E-state index is 12.5. The Morgan fingerprint density at radius 1 is 0.862 bits per heavy atom. The number of aromatic amines is 2. The number of aromatic nitrogens is 2. The minimum atomic E-state index is -0.535. The third-order valence-corrected chi connectivity index (χ3v) is 4.42. The third-order valence-electron chi connectivity index (χ3n) is 4.42. The van der Waals surface area contributed by atoms with Crippen molar-refractivity contribution >= 4 is 24.4 Å². The van der Waals surface area contributed by atoms with Crippen molar-refractivity contribution in [3.8, 4) is 0 Å². The molecule has 2 heterocycles. The summed E-state index contributed by atoms with van der Waals surface area (Å²) in [6.07, 6.45) is 2.48. The number of carbonyl (C=O) groups excluding carboxylic acids is 2. The Hall–Kier alpha value is -3.56. The molecule has 10 heteroatoms. The summed E-state index contributed by atoms with van der Waals surface area (Å²) in [7, 11) is 0. The Morgan fingerprint density at radius 2 is 1.24 bits per heavy atom. The molecule has 0 aliphatic heterocycles. The highest BCUT2D eigenvalue weighted by Crippen LogP contribution is 2.25. The summed E-state index contributed by atoms with van der Waals surface area (Å²) in [5.74, 6) is -1.07. The maximum Gasteiger partial charge on any atom is 0.340 e. The second-order valence-corrected chi connectivity index (χ2v) is 6.14. The van der Waals surface area contributed by atoms with Crippen molar-refractivity contribution in [3.63, 3.8) is 0 Å². The number of ether oxygens (including phenoxy) is 2. The molecule has 0 spiro atoms. The largest absolute Gasteiger partial charge is 0.462 e. The molecule has 4 N–H and O–H groups in total. The van der Waals surface area contributed by atoms with Gasteiger partial charge in [0.15, 0.2) is 0 Å². The number of rotatable bonds is 8. The Kier molecular flexibility index (Phi) is 7.18. The highest BCUT2D eigenvalue weighted by Gasteiger charge is 2.26. The first-order valence-electron chi connectivity index (χ1n) is 9.01. The minimum Gasteiger partial charge on any atom is -0.462 e. The zero-order valence-corrected chi connectivity index (χ0v) is 16.7. The van der Waals surface area contributed by atoms with Crippen molar-refractivity contribution < 1.29 is 29.5 Å². The average Bonchev–Trinajstić information content (AvgIpc) is 3.13. The summed E-state index contributed by atoms with van der Waals surface area (Å²) in [4.78, 5) is 31.0. The minimum absolute atomic E-state index is 0.127. The van der Waals surface area contributed by atoms with Gasteiger partial charge in [0, 0.05) is 17.8 Å². The van der Waals surface area contributed by atoms with E-state index in [1.54, 1.807) is 27.7 Å². The van der Waals surface area contributed by atoms with E-state index in [9.17, 15) is 9.59 Å². The molecule has 0 bridgehead atoms. The molecule has 10 nitrogen and oxygen atoms in total. The van der Waals surface area contributed by atoms with Gasteiger partial charge in [-0.05, 0) is 38.8 Å². The van der Waals surface area contributed by atoms with Crippen molar-refractivity contribution in [2.24, 2.45) is 10.3 Å². The number of nitrogens with one attached hydrogen (secondary N) is 2. The van der Waals surface area contributed by atoms with E-state index in [-0.39, 0.29) is 19.6 Å². The topological polar surface area (TPSA) is 149 Å². The van der Waals surface area contributed by atoms with Crippen LogP contribution in [-0.4, -0.2) is 58.0 Å². The summed E-state index contributed by atoms with van der Waals surface area (Å²) in [5, 5.41) is 23.8. The van der Waals surface area contributed by atoms with Gasteiger partial charge in [0.05, 0.1) is 48.2 Å². The molecule has 29 heavy (non-hydrogen) atoms. The van der Waals surface area contributed by atoms with Crippen molar-refractivity contribution in [1.82, 2.24) is 9.97 Å². The van der Waals surface area contributed by atoms with E-state index in [2.05, 4.69) is 20.3 Å². The van der Waals surface area contributed by atoms with Gasteiger partial charge < -0.3 is 29.9 Å². The van der Waals surface area contributed by atoms with E-state index in [4.69, 9.17) is 19.9 Å².